The number of rotatable bonds is 7. The minimum absolute atomic E-state index is 0.00220. The van der Waals surface area contributed by atoms with Crippen molar-refractivity contribution in [1.82, 2.24) is 4.98 Å². The second-order valence-corrected chi connectivity index (χ2v) is 8.76. The van der Waals surface area contributed by atoms with Gasteiger partial charge in [-0.3, -0.25) is 4.79 Å². The summed E-state index contributed by atoms with van der Waals surface area (Å²) >= 11 is 0. The first-order valence-corrected chi connectivity index (χ1v) is 11.2. The molecule has 0 amide bonds. The number of methoxy groups -OCH3 is 1. The molecule has 164 valence electrons. The van der Waals surface area contributed by atoms with Crippen LogP contribution in [0.25, 0.3) is 11.1 Å². The van der Waals surface area contributed by atoms with Crippen LogP contribution in [0.2, 0.25) is 0 Å². The van der Waals surface area contributed by atoms with Gasteiger partial charge in [-0.2, -0.15) is 0 Å². The van der Waals surface area contributed by atoms with Gasteiger partial charge in [0.05, 0.1) is 13.5 Å². The van der Waals surface area contributed by atoms with Gasteiger partial charge < -0.3 is 14.6 Å². The molecule has 5 rings (SSSR count). The first-order valence-electron chi connectivity index (χ1n) is 11.2. The van der Waals surface area contributed by atoms with Crippen LogP contribution in [-0.4, -0.2) is 23.2 Å². The van der Waals surface area contributed by atoms with Crippen LogP contribution in [0.1, 0.15) is 54.4 Å². The van der Waals surface area contributed by atoms with Gasteiger partial charge in [-0.15, -0.1) is 0 Å². The molecule has 0 bridgehead atoms. The highest BCUT2D eigenvalue weighted by atomic mass is 16.5. The van der Waals surface area contributed by atoms with Crippen LogP contribution >= 0.6 is 0 Å². The van der Waals surface area contributed by atoms with Gasteiger partial charge in [-0.05, 0) is 77.5 Å². The summed E-state index contributed by atoms with van der Waals surface area (Å²) in [4.78, 5) is 15.5. The maximum absolute atomic E-state index is 11.4. The van der Waals surface area contributed by atoms with Gasteiger partial charge >= 0.3 is 5.97 Å². The number of benzene rings is 2. The molecule has 1 aliphatic carbocycles. The Hall–Kier alpha value is -3.34. The number of ether oxygens (including phenoxy) is 2. The van der Waals surface area contributed by atoms with Crippen LogP contribution in [0, 0.1) is 5.92 Å². The summed E-state index contributed by atoms with van der Waals surface area (Å²) in [5, 5.41) is 9.34. The van der Waals surface area contributed by atoms with Crippen LogP contribution < -0.4 is 9.47 Å². The molecule has 32 heavy (non-hydrogen) atoms. The van der Waals surface area contributed by atoms with Crippen LogP contribution in [0.3, 0.4) is 0 Å². The minimum atomic E-state index is -0.731. The maximum atomic E-state index is 11.4. The molecule has 2 unspecified atom stereocenters. The summed E-state index contributed by atoms with van der Waals surface area (Å²) in [7, 11) is 1.62. The fourth-order valence-corrected chi connectivity index (χ4v) is 4.69. The van der Waals surface area contributed by atoms with Gasteiger partial charge in [0.15, 0.2) is 0 Å². The van der Waals surface area contributed by atoms with Crippen molar-refractivity contribution in [3.63, 3.8) is 0 Å². The van der Waals surface area contributed by atoms with Gasteiger partial charge in [0.25, 0.3) is 0 Å². The van der Waals surface area contributed by atoms with Crippen molar-refractivity contribution in [2.24, 2.45) is 5.92 Å². The van der Waals surface area contributed by atoms with Gasteiger partial charge in [-0.1, -0.05) is 36.4 Å². The van der Waals surface area contributed by atoms with Crippen LogP contribution in [-0.2, 0) is 11.2 Å². The van der Waals surface area contributed by atoms with E-state index in [0.717, 1.165) is 53.7 Å². The predicted molar refractivity (Wildman–Crippen MR) is 122 cm³/mol. The van der Waals surface area contributed by atoms with E-state index in [4.69, 9.17) is 9.47 Å². The van der Waals surface area contributed by atoms with E-state index in [1.54, 1.807) is 13.3 Å². The third kappa shape index (κ3) is 4.33. The number of aliphatic carboxylic acids is 1. The highest BCUT2D eigenvalue weighted by Crippen LogP contribution is 2.46. The predicted octanol–water partition coefficient (Wildman–Crippen LogP) is 5.79. The Kier molecular flexibility index (Phi) is 5.56. The molecule has 2 atom stereocenters. The number of hydrogen-bond donors (Lipinski definition) is 1. The number of carboxylic acid groups (broad SMARTS) is 1. The van der Waals surface area contributed by atoms with Crippen molar-refractivity contribution >= 4 is 5.97 Å². The minimum Gasteiger partial charge on any atom is -0.485 e. The van der Waals surface area contributed by atoms with Crippen molar-refractivity contribution in [1.29, 1.82) is 0 Å². The Balaban J connectivity index is 1.35. The van der Waals surface area contributed by atoms with Crippen molar-refractivity contribution in [2.45, 2.75) is 44.1 Å². The van der Waals surface area contributed by atoms with Crippen LogP contribution in [0.5, 0.6) is 11.6 Å². The molecule has 1 aliphatic heterocycles. The van der Waals surface area contributed by atoms with Crippen LogP contribution in [0.4, 0.5) is 0 Å². The lowest BCUT2D eigenvalue weighted by atomic mass is 9.88. The van der Waals surface area contributed by atoms with Crippen LogP contribution in [0.15, 0.2) is 60.8 Å². The first-order chi connectivity index (χ1) is 15.6. The molecule has 5 heteroatoms. The fourth-order valence-electron chi connectivity index (χ4n) is 4.69. The molecule has 1 saturated carbocycles. The number of fused-ring (bicyclic) bond motifs is 1. The molecule has 3 aromatic rings. The van der Waals surface area contributed by atoms with E-state index >= 15 is 0 Å². The largest absolute Gasteiger partial charge is 0.485 e. The standard InChI is InChI=1S/C27H27NO4/c1-31-26-15-21(12-13-28-26)17-2-6-19(7-3-17)24-11-10-20-8-9-22(14-25(20)32-24)23(16-27(29)30)18-4-5-18/h2-3,6-9,12-15,18,23-24H,4-5,10-11,16H2,1H3,(H,29,30). The van der Waals surface area contributed by atoms with E-state index in [1.165, 1.54) is 5.56 Å². The van der Waals surface area contributed by atoms with E-state index in [1.807, 2.05) is 12.1 Å². The molecule has 0 radical (unpaired) electrons. The van der Waals surface area contributed by atoms with Gasteiger partial charge in [-0.25, -0.2) is 4.98 Å². The summed E-state index contributed by atoms with van der Waals surface area (Å²) in [6.07, 6.45) is 6.06. The number of pyridine rings is 1. The molecule has 0 spiro atoms. The molecule has 1 fully saturated rings. The normalized spacial score (nSPS) is 18.3. The molecule has 1 N–H and O–H groups in total. The quantitative estimate of drug-likeness (QED) is 0.515. The maximum Gasteiger partial charge on any atom is 0.303 e. The average Bonchev–Trinajstić information content (AvgIpc) is 3.67. The lowest BCUT2D eigenvalue weighted by Crippen LogP contribution is -2.16. The number of carbonyl (C=O) groups is 1. The van der Waals surface area contributed by atoms with Gasteiger partial charge in [0.1, 0.15) is 11.9 Å². The lowest BCUT2D eigenvalue weighted by Gasteiger charge is -2.28. The summed E-state index contributed by atoms with van der Waals surface area (Å²) in [5.41, 5.74) is 5.61. The summed E-state index contributed by atoms with van der Waals surface area (Å²) in [6.45, 7) is 0. The Morgan fingerprint density at radius 2 is 1.91 bits per heavy atom. The summed E-state index contributed by atoms with van der Waals surface area (Å²) in [6, 6.07) is 18.7. The fraction of sp³-hybridized carbons (Fsp3) is 0.333. The second-order valence-electron chi connectivity index (χ2n) is 8.76. The monoisotopic (exact) mass is 429 g/mol. The molecular weight excluding hydrogens is 402 g/mol. The highest BCUT2D eigenvalue weighted by Gasteiger charge is 2.34. The smallest absolute Gasteiger partial charge is 0.303 e. The molecule has 5 nitrogen and oxygen atoms in total. The third-order valence-corrected chi connectivity index (χ3v) is 6.61. The molecular formula is C27H27NO4. The summed E-state index contributed by atoms with van der Waals surface area (Å²) in [5.74, 6) is 1.34. The topological polar surface area (TPSA) is 68.7 Å². The van der Waals surface area contributed by atoms with E-state index in [2.05, 4.69) is 47.4 Å². The molecule has 1 aromatic heterocycles. The van der Waals surface area contributed by atoms with Crippen molar-refractivity contribution in [3.8, 4) is 22.8 Å². The zero-order valence-electron chi connectivity index (χ0n) is 18.2. The number of hydrogen-bond acceptors (Lipinski definition) is 4. The number of nitrogens with zero attached hydrogens (tertiary/aromatic N) is 1. The number of aromatic nitrogens is 1. The SMILES string of the molecule is COc1cc(-c2ccc(C3CCc4ccc(C(CC(=O)O)C5CC5)cc4O3)cc2)ccn1. The van der Waals surface area contributed by atoms with Gasteiger partial charge in [0.2, 0.25) is 5.88 Å². The number of aryl methyl sites for hydroxylation is 1. The van der Waals surface area contributed by atoms with Crippen molar-refractivity contribution in [3.05, 3.63) is 77.5 Å². The zero-order valence-corrected chi connectivity index (χ0v) is 18.2. The Morgan fingerprint density at radius 3 is 2.62 bits per heavy atom. The van der Waals surface area contributed by atoms with E-state index < -0.39 is 5.97 Å². The van der Waals surface area contributed by atoms with E-state index in [-0.39, 0.29) is 18.4 Å². The van der Waals surface area contributed by atoms with E-state index in [9.17, 15) is 9.90 Å². The molecule has 0 saturated heterocycles. The first kappa shape index (κ1) is 20.6. The average molecular weight is 430 g/mol. The number of carboxylic acids is 1. The third-order valence-electron chi connectivity index (χ3n) is 6.61. The van der Waals surface area contributed by atoms with Crippen molar-refractivity contribution < 1.29 is 19.4 Å². The Bertz CT molecular complexity index is 1120. The van der Waals surface area contributed by atoms with Gasteiger partial charge in [0, 0.05) is 12.3 Å². The Labute approximate surface area is 188 Å². The highest BCUT2D eigenvalue weighted by molar-refractivity contribution is 5.68. The Morgan fingerprint density at radius 1 is 1.09 bits per heavy atom. The molecule has 2 aromatic carbocycles. The van der Waals surface area contributed by atoms with Crippen molar-refractivity contribution in [2.75, 3.05) is 7.11 Å². The second kappa shape index (κ2) is 8.65. The lowest BCUT2D eigenvalue weighted by molar-refractivity contribution is -0.137. The zero-order chi connectivity index (χ0) is 22.1. The van der Waals surface area contributed by atoms with E-state index in [0.29, 0.717) is 11.8 Å². The molecule has 2 aliphatic rings. The summed E-state index contributed by atoms with van der Waals surface area (Å²) < 4.78 is 11.6. The molecule has 2 heterocycles.